The van der Waals surface area contributed by atoms with Crippen molar-refractivity contribution in [1.29, 1.82) is 0 Å². The lowest BCUT2D eigenvalue weighted by atomic mass is 10.0. The Kier molecular flexibility index (Phi) is 6.16. The number of rotatable bonds is 3. The van der Waals surface area contributed by atoms with E-state index in [1.807, 2.05) is 6.07 Å². The highest BCUT2D eigenvalue weighted by Gasteiger charge is 2.09. The quantitative estimate of drug-likeness (QED) is 0.891. The van der Waals surface area contributed by atoms with Gasteiger partial charge in [0.25, 0.3) is 0 Å². The van der Waals surface area contributed by atoms with E-state index in [0.717, 1.165) is 22.9 Å². The molecule has 0 aliphatic carbocycles. The Balaban J connectivity index is 0.00000169. The van der Waals surface area contributed by atoms with Gasteiger partial charge in [0.05, 0.1) is 0 Å². The summed E-state index contributed by atoms with van der Waals surface area (Å²) in [5.74, 6) is 0.268. The maximum atomic E-state index is 9.28. The smallest absolute Gasteiger partial charge is 0.115 e. The van der Waals surface area contributed by atoms with Crippen LogP contribution in [0.3, 0.4) is 0 Å². The van der Waals surface area contributed by atoms with Crippen molar-refractivity contribution in [3.05, 3.63) is 28.2 Å². The summed E-state index contributed by atoms with van der Waals surface area (Å²) in [5, 5.41) is 9.28. The van der Waals surface area contributed by atoms with Gasteiger partial charge in [-0.1, -0.05) is 29.3 Å². The van der Waals surface area contributed by atoms with Crippen molar-refractivity contribution in [1.82, 2.24) is 0 Å². The van der Waals surface area contributed by atoms with E-state index in [0.29, 0.717) is 0 Å². The molecular formula is C10H15BrClNO. The topological polar surface area (TPSA) is 46.2 Å². The van der Waals surface area contributed by atoms with Crippen LogP contribution in [0.5, 0.6) is 5.75 Å². The fourth-order valence-corrected chi connectivity index (χ4v) is 1.82. The predicted octanol–water partition coefficient (Wildman–Crippen LogP) is 3.38. The van der Waals surface area contributed by atoms with Gasteiger partial charge in [0.2, 0.25) is 0 Å². The molecule has 0 bridgehead atoms. The molecule has 0 amide bonds. The van der Waals surface area contributed by atoms with E-state index in [1.54, 1.807) is 12.1 Å². The molecule has 0 aliphatic rings. The Morgan fingerprint density at radius 1 is 1.50 bits per heavy atom. The molecule has 2 nitrogen and oxygen atoms in total. The van der Waals surface area contributed by atoms with Gasteiger partial charge in [0, 0.05) is 10.5 Å². The fraction of sp³-hybridized carbons (Fsp3) is 0.400. The fourth-order valence-electron chi connectivity index (χ4n) is 1.28. The summed E-state index contributed by atoms with van der Waals surface area (Å²) in [4.78, 5) is 0. The van der Waals surface area contributed by atoms with Crippen molar-refractivity contribution in [2.24, 2.45) is 5.73 Å². The molecule has 3 N–H and O–H groups in total. The first-order valence-corrected chi connectivity index (χ1v) is 5.18. The molecule has 0 fully saturated rings. The van der Waals surface area contributed by atoms with Crippen molar-refractivity contribution in [3.63, 3.8) is 0 Å². The van der Waals surface area contributed by atoms with Gasteiger partial charge in [-0.25, -0.2) is 0 Å². The zero-order valence-corrected chi connectivity index (χ0v) is 10.4. The molecule has 1 atom stereocenters. The van der Waals surface area contributed by atoms with Gasteiger partial charge in [-0.05, 0) is 30.2 Å². The van der Waals surface area contributed by atoms with Crippen LogP contribution in [-0.4, -0.2) is 5.11 Å². The molecule has 0 radical (unpaired) electrons. The lowest BCUT2D eigenvalue weighted by Crippen LogP contribution is -2.10. The standard InChI is InChI=1S/C10H14BrNO.ClH/c1-2-3-10(12)8-6-7(13)4-5-9(8)11;/h4-6,10,13H,2-3,12H2,1H3;1H/t10-;/m1./s1. The highest BCUT2D eigenvalue weighted by Crippen LogP contribution is 2.28. The second-order valence-electron chi connectivity index (χ2n) is 3.10. The Morgan fingerprint density at radius 2 is 2.14 bits per heavy atom. The molecule has 4 heteroatoms. The van der Waals surface area contributed by atoms with Gasteiger partial charge < -0.3 is 10.8 Å². The largest absolute Gasteiger partial charge is 0.508 e. The summed E-state index contributed by atoms with van der Waals surface area (Å²) >= 11 is 3.41. The maximum absolute atomic E-state index is 9.28. The summed E-state index contributed by atoms with van der Waals surface area (Å²) in [6.45, 7) is 2.09. The van der Waals surface area contributed by atoms with E-state index in [2.05, 4.69) is 22.9 Å². The third-order valence-electron chi connectivity index (χ3n) is 1.98. The third kappa shape index (κ3) is 3.48. The Hall–Kier alpha value is -0.250. The van der Waals surface area contributed by atoms with Gasteiger partial charge in [0.15, 0.2) is 0 Å². The molecule has 0 saturated carbocycles. The highest BCUT2D eigenvalue weighted by molar-refractivity contribution is 9.10. The molecule has 1 aromatic rings. The van der Waals surface area contributed by atoms with Crippen LogP contribution in [0.25, 0.3) is 0 Å². The number of benzene rings is 1. The minimum absolute atomic E-state index is 0. The molecule has 0 heterocycles. The van der Waals surface area contributed by atoms with Gasteiger partial charge >= 0.3 is 0 Å². The van der Waals surface area contributed by atoms with Crippen molar-refractivity contribution in [2.45, 2.75) is 25.8 Å². The van der Waals surface area contributed by atoms with E-state index in [4.69, 9.17) is 5.73 Å². The first-order chi connectivity index (χ1) is 6.15. The molecule has 0 aromatic heterocycles. The Morgan fingerprint density at radius 3 is 2.71 bits per heavy atom. The van der Waals surface area contributed by atoms with Gasteiger partial charge in [-0.2, -0.15) is 0 Å². The second kappa shape index (κ2) is 6.27. The summed E-state index contributed by atoms with van der Waals surface area (Å²) in [6.07, 6.45) is 1.98. The van der Waals surface area contributed by atoms with E-state index < -0.39 is 0 Å². The zero-order chi connectivity index (χ0) is 9.84. The minimum atomic E-state index is 0. The van der Waals surface area contributed by atoms with Crippen LogP contribution in [0.4, 0.5) is 0 Å². The monoisotopic (exact) mass is 279 g/mol. The average Bonchev–Trinajstić information content (AvgIpc) is 2.09. The normalized spacial score (nSPS) is 11.9. The van der Waals surface area contributed by atoms with Crippen LogP contribution in [-0.2, 0) is 0 Å². The lowest BCUT2D eigenvalue weighted by Gasteiger charge is -2.12. The van der Waals surface area contributed by atoms with Gasteiger partial charge in [-0.3, -0.25) is 0 Å². The Bertz CT molecular complexity index is 293. The molecule has 0 aliphatic heterocycles. The van der Waals surface area contributed by atoms with Crippen LogP contribution in [0, 0.1) is 0 Å². The number of hydrogen-bond acceptors (Lipinski definition) is 2. The van der Waals surface area contributed by atoms with E-state index in [1.165, 1.54) is 0 Å². The Labute approximate surface area is 99.0 Å². The summed E-state index contributed by atoms with van der Waals surface area (Å²) < 4.78 is 0.964. The van der Waals surface area contributed by atoms with Crippen LogP contribution < -0.4 is 5.73 Å². The van der Waals surface area contributed by atoms with Crippen LogP contribution in [0.15, 0.2) is 22.7 Å². The zero-order valence-electron chi connectivity index (χ0n) is 8.03. The molecule has 14 heavy (non-hydrogen) atoms. The summed E-state index contributed by atoms with van der Waals surface area (Å²) in [5.41, 5.74) is 6.91. The molecule has 0 spiro atoms. The minimum Gasteiger partial charge on any atom is -0.508 e. The van der Waals surface area contributed by atoms with Crippen molar-refractivity contribution in [3.8, 4) is 5.75 Å². The molecule has 0 saturated heterocycles. The first kappa shape index (κ1) is 13.8. The third-order valence-corrected chi connectivity index (χ3v) is 2.70. The van der Waals surface area contributed by atoms with E-state index >= 15 is 0 Å². The molecule has 0 unspecified atom stereocenters. The number of nitrogens with two attached hydrogens (primary N) is 1. The van der Waals surface area contributed by atoms with Crippen LogP contribution >= 0.6 is 28.3 Å². The lowest BCUT2D eigenvalue weighted by molar-refractivity contribution is 0.473. The van der Waals surface area contributed by atoms with Crippen molar-refractivity contribution < 1.29 is 5.11 Å². The molecule has 80 valence electrons. The van der Waals surface area contributed by atoms with E-state index in [-0.39, 0.29) is 24.2 Å². The highest BCUT2D eigenvalue weighted by atomic mass is 79.9. The number of phenolic OH excluding ortho intramolecular Hbond substituents is 1. The summed E-state index contributed by atoms with van der Waals surface area (Å²) in [7, 11) is 0. The molecule has 1 rings (SSSR count). The van der Waals surface area contributed by atoms with Crippen molar-refractivity contribution in [2.75, 3.05) is 0 Å². The van der Waals surface area contributed by atoms with E-state index in [9.17, 15) is 5.11 Å². The first-order valence-electron chi connectivity index (χ1n) is 4.39. The predicted molar refractivity (Wildman–Crippen MR) is 64.9 cm³/mol. The van der Waals surface area contributed by atoms with Crippen molar-refractivity contribution >= 4 is 28.3 Å². The number of aromatic hydroxyl groups is 1. The SMILES string of the molecule is CCC[C@@H](N)c1cc(O)ccc1Br.Cl. The summed E-state index contributed by atoms with van der Waals surface area (Å²) in [6, 6.07) is 5.18. The molecule has 1 aromatic carbocycles. The second-order valence-corrected chi connectivity index (χ2v) is 3.96. The van der Waals surface area contributed by atoms with Crippen LogP contribution in [0.2, 0.25) is 0 Å². The van der Waals surface area contributed by atoms with Gasteiger partial charge in [0.1, 0.15) is 5.75 Å². The average molecular weight is 281 g/mol. The van der Waals surface area contributed by atoms with Gasteiger partial charge in [-0.15, -0.1) is 12.4 Å². The number of halogens is 2. The number of hydrogen-bond donors (Lipinski definition) is 2. The van der Waals surface area contributed by atoms with Crippen LogP contribution in [0.1, 0.15) is 31.4 Å². The maximum Gasteiger partial charge on any atom is 0.115 e. The number of phenols is 1. The molecular weight excluding hydrogens is 265 g/mol.